The Bertz CT molecular complexity index is 346. The van der Waals surface area contributed by atoms with Gasteiger partial charge in [-0.3, -0.25) is 0 Å². The fourth-order valence-electron chi connectivity index (χ4n) is 2.28. The minimum atomic E-state index is 0.324. The van der Waals surface area contributed by atoms with Gasteiger partial charge in [0.05, 0.1) is 0 Å². The van der Waals surface area contributed by atoms with Gasteiger partial charge in [-0.2, -0.15) is 0 Å². The molecule has 15 heavy (non-hydrogen) atoms. The largest absolute Gasteiger partial charge is 0.381 e. The lowest BCUT2D eigenvalue weighted by molar-refractivity contribution is 0.637. The molecule has 0 aromatic heterocycles. The van der Waals surface area contributed by atoms with Crippen LogP contribution < -0.4 is 11.1 Å². The van der Waals surface area contributed by atoms with Crippen molar-refractivity contribution in [2.45, 2.75) is 45.2 Å². The SMILES string of the molecule is Cc1cccc(NC2CCCC2N)c1C. The monoisotopic (exact) mass is 204 g/mol. The smallest absolute Gasteiger partial charge is 0.0412 e. The molecule has 2 rings (SSSR count). The predicted octanol–water partition coefficient (Wildman–Crippen LogP) is 2.60. The Kier molecular flexibility index (Phi) is 2.96. The van der Waals surface area contributed by atoms with E-state index in [0.29, 0.717) is 12.1 Å². The zero-order valence-electron chi connectivity index (χ0n) is 9.59. The first kappa shape index (κ1) is 10.5. The summed E-state index contributed by atoms with van der Waals surface area (Å²) in [6.45, 7) is 4.31. The zero-order valence-corrected chi connectivity index (χ0v) is 9.59. The second kappa shape index (κ2) is 4.23. The summed E-state index contributed by atoms with van der Waals surface area (Å²) < 4.78 is 0. The van der Waals surface area contributed by atoms with Gasteiger partial charge < -0.3 is 11.1 Å². The highest BCUT2D eigenvalue weighted by Gasteiger charge is 2.23. The third kappa shape index (κ3) is 2.15. The Balaban J connectivity index is 2.13. The summed E-state index contributed by atoms with van der Waals surface area (Å²) in [5.74, 6) is 0. The molecule has 82 valence electrons. The Morgan fingerprint density at radius 2 is 2.07 bits per heavy atom. The van der Waals surface area contributed by atoms with Crippen molar-refractivity contribution in [3.63, 3.8) is 0 Å². The lowest BCUT2D eigenvalue weighted by atomic mass is 10.1. The summed E-state index contributed by atoms with van der Waals surface area (Å²) >= 11 is 0. The van der Waals surface area contributed by atoms with Gasteiger partial charge in [0.25, 0.3) is 0 Å². The lowest BCUT2D eigenvalue weighted by Crippen LogP contribution is -2.35. The highest BCUT2D eigenvalue weighted by Crippen LogP contribution is 2.24. The fourth-order valence-corrected chi connectivity index (χ4v) is 2.28. The Morgan fingerprint density at radius 1 is 1.27 bits per heavy atom. The van der Waals surface area contributed by atoms with Crippen LogP contribution in [0, 0.1) is 13.8 Å². The van der Waals surface area contributed by atoms with E-state index in [2.05, 4.69) is 37.4 Å². The van der Waals surface area contributed by atoms with Crippen LogP contribution in [0.4, 0.5) is 5.69 Å². The molecule has 1 aromatic rings. The lowest BCUT2D eigenvalue weighted by Gasteiger charge is -2.20. The summed E-state index contributed by atoms with van der Waals surface area (Å²) in [4.78, 5) is 0. The summed E-state index contributed by atoms with van der Waals surface area (Å²) in [5, 5.41) is 3.57. The molecule has 2 nitrogen and oxygen atoms in total. The van der Waals surface area contributed by atoms with E-state index in [4.69, 9.17) is 5.73 Å². The van der Waals surface area contributed by atoms with Crippen molar-refractivity contribution in [1.82, 2.24) is 0 Å². The molecule has 3 N–H and O–H groups in total. The number of hydrogen-bond donors (Lipinski definition) is 2. The Hall–Kier alpha value is -1.02. The van der Waals surface area contributed by atoms with Gasteiger partial charge in [0, 0.05) is 17.8 Å². The molecule has 0 saturated heterocycles. The highest BCUT2D eigenvalue weighted by atomic mass is 15.0. The third-order valence-corrected chi connectivity index (χ3v) is 3.51. The normalized spacial score (nSPS) is 25.5. The molecule has 0 spiro atoms. The van der Waals surface area contributed by atoms with Crippen molar-refractivity contribution < 1.29 is 0 Å². The summed E-state index contributed by atoms with van der Waals surface area (Å²) in [5.41, 5.74) is 9.98. The molecule has 0 heterocycles. The first-order valence-electron chi connectivity index (χ1n) is 5.77. The van der Waals surface area contributed by atoms with E-state index in [1.165, 1.54) is 29.7 Å². The first-order valence-corrected chi connectivity index (χ1v) is 5.77. The molecule has 1 fully saturated rings. The van der Waals surface area contributed by atoms with Crippen molar-refractivity contribution in [2.24, 2.45) is 5.73 Å². The molecule has 1 aliphatic rings. The Labute approximate surface area is 91.9 Å². The predicted molar refractivity (Wildman–Crippen MR) is 65.2 cm³/mol. The van der Waals surface area contributed by atoms with Gasteiger partial charge in [-0.25, -0.2) is 0 Å². The molecule has 0 amide bonds. The van der Waals surface area contributed by atoms with Crippen LogP contribution in [0.15, 0.2) is 18.2 Å². The van der Waals surface area contributed by atoms with Gasteiger partial charge in [-0.05, 0) is 50.3 Å². The van der Waals surface area contributed by atoms with Gasteiger partial charge >= 0.3 is 0 Å². The van der Waals surface area contributed by atoms with Crippen LogP contribution in [0.25, 0.3) is 0 Å². The fraction of sp³-hybridized carbons (Fsp3) is 0.538. The molecule has 1 aromatic carbocycles. The minimum Gasteiger partial charge on any atom is -0.381 e. The molecule has 2 atom stereocenters. The second-order valence-corrected chi connectivity index (χ2v) is 4.59. The van der Waals surface area contributed by atoms with E-state index in [0.717, 1.165) is 6.42 Å². The molecular formula is C13H20N2. The molecule has 0 aliphatic heterocycles. The zero-order chi connectivity index (χ0) is 10.8. The molecule has 1 aliphatic carbocycles. The van der Waals surface area contributed by atoms with Crippen LogP contribution in [0.5, 0.6) is 0 Å². The van der Waals surface area contributed by atoms with E-state index >= 15 is 0 Å². The van der Waals surface area contributed by atoms with E-state index in [9.17, 15) is 0 Å². The molecular weight excluding hydrogens is 184 g/mol. The topological polar surface area (TPSA) is 38.0 Å². The van der Waals surface area contributed by atoms with Gasteiger partial charge in [0.15, 0.2) is 0 Å². The highest BCUT2D eigenvalue weighted by molar-refractivity contribution is 5.54. The van der Waals surface area contributed by atoms with Gasteiger partial charge in [0.2, 0.25) is 0 Å². The number of hydrogen-bond acceptors (Lipinski definition) is 2. The quantitative estimate of drug-likeness (QED) is 0.777. The first-order chi connectivity index (χ1) is 7.18. The number of nitrogens with one attached hydrogen (secondary N) is 1. The summed E-state index contributed by atoms with van der Waals surface area (Å²) in [6, 6.07) is 7.18. The van der Waals surface area contributed by atoms with Gasteiger partial charge in [-0.15, -0.1) is 0 Å². The molecule has 0 bridgehead atoms. The van der Waals surface area contributed by atoms with Crippen LogP contribution >= 0.6 is 0 Å². The third-order valence-electron chi connectivity index (χ3n) is 3.51. The van der Waals surface area contributed by atoms with Crippen molar-refractivity contribution >= 4 is 5.69 Å². The van der Waals surface area contributed by atoms with E-state index in [1.54, 1.807) is 0 Å². The number of anilines is 1. The number of benzene rings is 1. The Morgan fingerprint density at radius 3 is 2.73 bits per heavy atom. The maximum atomic E-state index is 6.05. The number of aryl methyl sites for hydroxylation is 1. The van der Waals surface area contributed by atoms with Crippen molar-refractivity contribution in [1.29, 1.82) is 0 Å². The van der Waals surface area contributed by atoms with Gasteiger partial charge in [0.1, 0.15) is 0 Å². The van der Waals surface area contributed by atoms with Crippen molar-refractivity contribution in [2.75, 3.05) is 5.32 Å². The van der Waals surface area contributed by atoms with E-state index in [-0.39, 0.29) is 0 Å². The molecule has 2 heteroatoms. The van der Waals surface area contributed by atoms with Crippen molar-refractivity contribution in [3.05, 3.63) is 29.3 Å². The standard InChI is InChI=1S/C13H20N2/c1-9-5-3-7-12(10(9)2)15-13-8-4-6-11(13)14/h3,5,7,11,13,15H,4,6,8,14H2,1-2H3. The summed E-state index contributed by atoms with van der Waals surface area (Å²) in [6.07, 6.45) is 3.61. The average molecular weight is 204 g/mol. The molecule has 1 saturated carbocycles. The van der Waals surface area contributed by atoms with Crippen LogP contribution in [-0.4, -0.2) is 12.1 Å². The van der Waals surface area contributed by atoms with Crippen LogP contribution in [0.2, 0.25) is 0 Å². The van der Waals surface area contributed by atoms with E-state index < -0.39 is 0 Å². The summed E-state index contributed by atoms with van der Waals surface area (Å²) in [7, 11) is 0. The average Bonchev–Trinajstić information content (AvgIpc) is 2.60. The second-order valence-electron chi connectivity index (χ2n) is 4.59. The molecule has 2 unspecified atom stereocenters. The van der Waals surface area contributed by atoms with Crippen molar-refractivity contribution in [3.8, 4) is 0 Å². The minimum absolute atomic E-state index is 0.324. The van der Waals surface area contributed by atoms with Crippen LogP contribution in [0.1, 0.15) is 30.4 Å². The maximum Gasteiger partial charge on any atom is 0.0412 e. The molecule has 0 radical (unpaired) electrons. The van der Waals surface area contributed by atoms with Crippen LogP contribution in [-0.2, 0) is 0 Å². The van der Waals surface area contributed by atoms with Gasteiger partial charge in [-0.1, -0.05) is 12.1 Å². The maximum absolute atomic E-state index is 6.05. The van der Waals surface area contributed by atoms with E-state index in [1.807, 2.05) is 0 Å². The number of rotatable bonds is 2. The number of nitrogens with two attached hydrogens (primary N) is 1. The van der Waals surface area contributed by atoms with Crippen LogP contribution in [0.3, 0.4) is 0 Å².